The van der Waals surface area contributed by atoms with Gasteiger partial charge in [0.15, 0.2) is 0 Å². The lowest BCUT2D eigenvalue weighted by Crippen LogP contribution is -1.85. The first-order chi connectivity index (χ1) is 15.5. The smallest absolute Gasteiger partial charge is 0.0278 e. The summed E-state index contributed by atoms with van der Waals surface area (Å²) >= 11 is 0. The van der Waals surface area contributed by atoms with Crippen molar-refractivity contribution >= 4 is 0 Å². The van der Waals surface area contributed by atoms with Crippen molar-refractivity contribution in [2.45, 2.75) is 79.6 Å². The van der Waals surface area contributed by atoms with Crippen molar-refractivity contribution in [2.75, 3.05) is 0 Å². The van der Waals surface area contributed by atoms with Gasteiger partial charge >= 0.3 is 0 Å². The molecule has 0 aliphatic carbocycles. The summed E-state index contributed by atoms with van der Waals surface area (Å²) in [6.07, 6.45) is 13.1. The number of hydrogen-bond donors (Lipinski definition) is 0. The Kier molecular flexibility index (Phi) is 11.2. The molecule has 0 saturated heterocycles. The Morgan fingerprint density at radius 2 is 1.50 bits per heavy atom. The highest BCUT2D eigenvalue weighted by Gasteiger charge is 1.97. The molecule has 0 aliphatic rings. The first-order valence-corrected chi connectivity index (χ1v) is 12.1. The fourth-order valence-electron chi connectivity index (χ4n) is 3.46. The zero-order chi connectivity index (χ0) is 23.2. The number of allylic oxidation sites excluding steroid dienone is 4. The largest absolute Gasteiger partial charge is 0.0733 e. The minimum Gasteiger partial charge on any atom is -0.0733 e. The molecule has 0 nitrogen and oxygen atoms in total. The quantitative estimate of drug-likeness (QED) is 0.227. The van der Waals surface area contributed by atoms with Crippen molar-refractivity contribution in [3.05, 3.63) is 93.6 Å². The Morgan fingerprint density at radius 3 is 2.19 bits per heavy atom. The fraction of sp³-hybridized carbons (Fsp3) is 0.375. The topological polar surface area (TPSA) is 0 Å². The van der Waals surface area contributed by atoms with Crippen molar-refractivity contribution < 1.29 is 0 Å². The Morgan fingerprint density at radius 1 is 0.781 bits per heavy atom. The van der Waals surface area contributed by atoms with Gasteiger partial charge < -0.3 is 0 Å². The van der Waals surface area contributed by atoms with Crippen LogP contribution in [0.3, 0.4) is 0 Å². The summed E-state index contributed by atoms with van der Waals surface area (Å²) in [5.41, 5.74) is 8.21. The summed E-state index contributed by atoms with van der Waals surface area (Å²) in [4.78, 5) is 0. The van der Waals surface area contributed by atoms with Crippen molar-refractivity contribution in [3.8, 4) is 23.7 Å². The molecule has 32 heavy (non-hydrogen) atoms. The van der Waals surface area contributed by atoms with E-state index in [4.69, 9.17) is 0 Å². The summed E-state index contributed by atoms with van der Waals surface area (Å²) in [7, 11) is 0. The average Bonchev–Trinajstić information content (AvgIpc) is 2.79. The molecular weight excluding hydrogens is 384 g/mol. The standard InChI is InChI=1S/C32H38/c1-6-8-9-10-12-26(3)13-14-27(4)15-23-32-24-22-31(25-28(32)5)21-20-30-18-16-29(11-7-2)17-19-30/h13-14,16-19,22,24-25H,6-12H2,1-5H3. The van der Waals surface area contributed by atoms with E-state index in [-0.39, 0.29) is 0 Å². The van der Waals surface area contributed by atoms with Crippen LogP contribution >= 0.6 is 0 Å². The van der Waals surface area contributed by atoms with Gasteiger partial charge in [0.2, 0.25) is 0 Å². The van der Waals surface area contributed by atoms with E-state index in [2.05, 4.69) is 113 Å². The third kappa shape index (κ3) is 9.45. The van der Waals surface area contributed by atoms with Crippen LogP contribution < -0.4 is 0 Å². The third-order valence-corrected chi connectivity index (χ3v) is 5.51. The minimum absolute atomic E-state index is 1.03. The maximum atomic E-state index is 3.32. The number of aryl methyl sites for hydroxylation is 2. The molecule has 0 fully saturated rings. The highest BCUT2D eigenvalue weighted by molar-refractivity contribution is 5.51. The van der Waals surface area contributed by atoms with Gasteiger partial charge in [-0.1, -0.05) is 93.1 Å². The molecule has 0 heterocycles. The molecule has 0 bridgehead atoms. The zero-order valence-electron chi connectivity index (χ0n) is 20.6. The second kappa shape index (κ2) is 14.2. The normalized spacial score (nSPS) is 11.4. The van der Waals surface area contributed by atoms with E-state index in [0.717, 1.165) is 34.2 Å². The lowest BCUT2D eigenvalue weighted by atomic mass is 10.0. The van der Waals surface area contributed by atoms with Gasteiger partial charge in [-0.3, -0.25) is 0 Å². The second-order valence-corrected chi connectivity index (χ2v) is 8.65. The van der Waals surface area contributed by atoms with Crippen LogP contribution in [0.25, 0.3) is 0 Å². The van der Waals surface area contributed by atoms with E-state index in [1.165, 1.54) is 49.7 Å². The number of rotatable bonds is 8. The van der Waals surface area contributed by atoms with Crippen LogP contribution in [0, 0.1) is 30.6 Å². The molecule has 0 saturated carbocycles. The molecule has 0 aromatic heterocycles. The summed E-state index contributed by atoms with van der Waals surface area (Å²) < 4.78 is 0. The molecule has 2 rings (SSSR count). The van der Waals surface area contributed by atoms with Gasteiger partial charge in [0, 0.05) is 16.7 Å². The molecule has 0 N–H and O–H groups in total. The van der Waals surface area contributed by atoms with E-state index >= 15 is 0 Å². The molecule has 0 atom stereocenters. The molecule has 0 amide bonds. The van der Waals surface area contributed by atoms with Crippen LogP contribution in [0.5, 0.6) is 0 Å². The van der Waals surface area contributed by atoms with Crippen molar-refractivity contribution in [2.24, 2.45) is 0 Å². The molecule has 0 unspecified atom stereocenters. The Bertz CT molecular complexity index is 1040. The van der Waals surface area contributed by atoms with Gasteiger partial charge in [-0.05, 0) is 87.1 Å². The lowest BCUT2D eigenvalue weighted by Gasteiger charge is -2.00. The predicted molar refractivity (Wildman–Crippen MR) is 141 cm³/mol. The van der Waals surface area contributed by atoms with Gasteiger partial charge in [0.1, 0.15) is 0 Å². The fourth-order valence-corrected chi connectivity index (χ4v) is 3.46. The van der Waals surface area contributed by atoms with Crippen LogP contribution in [-0.4, -0.2) is 0 Å². The van der Waals surface area contributed by atoms with Crippen LogP contribution in [0.2, 0.25) is 0 Å². The summed E-state index contributed by atoms with van der Waals surface area (Å²) in [5.74, 6) is 13.2. The maximum absolute atomic E-state index is 3.32. The highest BCUT2D eigenvalue weighted by Crippen LogP contribution is 2.12. The molecule has 2 aromatic carbocycles. The van der Waals surface area contributed by atoms with Crippen molar-refractivity contribution in [1.82, 2.24) is 0 Å². The summed E-state index contributed by atoms with van der Waals surface area (Å²) in [6.45, 7) is 10.9. The Labute approximate surface area is 196 Å². The van der Waals surface area contributed by atoms with E-state index in [0.29, 0.717) is 0 Å². The number of unbranched alkanes of at least 4 members (excludes halogenated alkanes) is 3. The van der Waals surface area contributed by atoms with Crippen LogP contribution in [-0.2, 0) is 6.42 Å². The van der Waals surface area contributed by atoms with Crippen molar-refractivity contribution in [1.29, 1.82) is 0 Å². The van der Waals surface area contributed by atoms with Gasteiger partial charge in [0.05, 0.1) is 0 Å². The SMILES string of the molecule is CCCCCCC(C)=CC=C(C)C#Cc1ccc(C#Cc2ccc(CCC)cc2)cc1C. The summed E-state index contributed by atoms with van der Waals surface area (Å²) in [5, 5.41) is 0. The molecular formula is C32H38. The Balaban J connectivity index is 2.00. The first-order valence-electron chi connectivity index (χ1n) is 12.1. The summed E-state index contributed by atoms with van der Waals surface area (Å²) in [6, 6.07) is 14.9. The van der Waals surface area contributed by atoms with Gasteiger partial charge in [-0.15, -0.1) is 0 Å². The third-order valence-electron chi connectivity index (χ3n) is 5.51. The molecule has 0 spiro atoms. The van der Waals surface area contributed by atoms with Crippen LogP contribution in [0.15, 0.2) is 65.8 Å². The zero-order valence-corrected chi connectivity index (χ0v) is 20.6. The molecule has 166 valence electrons. The highest BCUT2D eigenvalue weighted by atomic mass is 14.0. The monoisotopic (exact) mass is 422 g/mol. The van der Waals surface area contributed by atoms with Crippen LogP contribution in [0.4, 0.5) is 0 Å². The molecule has 2 aromatic rings. The maximum Gasteiger partial charge on any atom is 0.0278 e. The first kappa shape index (κ1) is 25.3. The van der Waals surface area contributed by atoms with E-state index < -0.39 is 0 Å². The van der Waals surface area contributed by atoms with Crippen LogP contribution in [0.1, 0.15) is 94.0 Å². The molecule has 0 heteroatoms. The number of hydrogen-bond acceptors (Lipinski definition) is 0. The predicted octanol–water partition coefficient (Wildman–Crippen LogP) is 8.56. The van der Waals surface area contributed by atoms with Gasteiger partial charge in [0.25, 0.3) is 0 Å². The lowest BCUT2D eigenvalue weighted by molar-refractivity contribution is 0.664. The van der Waals surface area contributed by atoms with Gasteiger partial charge in [-0.2, -0.15) is 0 Å². The van der Waals surface area contributed by atoms with E-state index in [9.17, 15) is 0 Å². The second-order valence-electron chi connectivity index (χ2n) is 8.65. The van der Waals surface area contributed by atoms with E-state index in [1.807, 2.05) is 0 Å². The molecule has 0 aliphatic heterocycles. The van der Waals surface area contributed by atoms with Crippen molar-refractivity contribution in [3.63, 3.8) is 0 Å². The molecule has 0 radical (unpaired) electrons. The average molecular weight is 423 g/mol. The minimum atomic E-state index is 1.03. The van der Waals surface area contributed by atoms with Gasteiger partial charge in [-0.25, -0.2) is 0 Å². The number of benzene rings is 2. The van der Waals surface area contributed by atoms with E-state index in [1.54, 1.807) is 0 Å². The Hall–Kier alpha value is -2.96.